The summed E-state index contributed by atoms with van der Waals surface area (Å²) in [6.07, 6.45) is 0. The Kier molecular flexibility index (Phi) is 3.35. The molecule has 0 spiro atoms. The Balaban J connectivity index is 2.28. The van der Waals surface area contributed by atoms with E-state index in [9.17, 15) is 13.2 Å². The molecular formula is C11H9NO4S2. The number of aromatic carboxylic acids is 1. The first-order valence-corrected chi connectivity index (χ1v) is 7.20. The molecule has 18 heavy (non-hydrogen) atoms. The van der Waals surface area contributed by atoms with Crippen LogP contribution in [-0.4, -0.2) is 19.5 Å². The van der Waals surface area contributed by atoms with Crippen LogP contribution in [0.5, 0.6) is 0 Å². The van der Waals surface area contributed by atoms with E-state index in [2.05, 4.69) is 4.72 Å². The van der Waals surface area contributed by atoms with Gasteiger partial charge >= 0.3 is 5.97 Å². The van der Waals surface area contributed by atoms with Crippen LogP contribution in [0.15, 0.2) is 46.7 Å². The molecule has 2 rings (SSSR count). The lowest BCUT2D eigenvalue weighted by molar-refractivity contribution is 0.0702. The second-order valence-corrected chi connectivity index (χ2v) is 6.39. The molecule has 0 aliphatic carbocycles. The Morgan fingerprint density at radius 3 is 2.33 bits per heavy atom. The molecule has 0 saturated heterocycles. The molecule has 0 bridgehead atoms. The van der Waals surface area contributed by atoms with Gasteiger partial charge in [0.1, 0.15) is 9.09 Å². The van der Waals surface area contributed by atoms with Crippen molar-refractivity contribution in [2.75, 3.05) is 4.72 Å². The van der Waals surface area contributed by atoms with Crippen LogP contribution < -0.4 is 4.72 Å². The number of benzene rings is 1. The van der Waals surface area contributed by atoms with E-state index in [-0.39, 0.29) is 9.09 Å². The largest absolute Gasteiger partial charge is 0.477 e. The number of hydrogen-bond donors (Lipinski definition) is 2. The predicted octanol–water partition coefficient (Wildman–Crippen LogP) is 2.25. The highest BCUT2D eigenvalue weighted by atomic mass is 32.2. The van der Waals surface area contributed by atoms with Crippen LogP contribution in [0, 0.1) is 0 Å². The summed E-state index contributed by atoms with van der Waals surface area (Å²) in [4.78, 5) is 10.7. The highest BCUT2D eigenvalue weighted by Gasteiger charge is 2.18. The highest BCUT2D eigenvalue weighted by molar-refractivity contribution is 7.94. The summed E-state index contributed by atoms with van der Waals surface area (Å²) >= 11 is 0.717. The molecule has 1 aromatic heterocycles. The highest BCUT2D eigenvalue weighted by Crippen LogP contribution is 2.23. The Labute approximate surface area is 108 Å². The van der Waals surface area contributed by atoms with Gasteiger partial charge in [-0.25, -0.2) is 13.2 Å². The van der Waals surface area contributed by atoms with Crippen molar-refractivity contribution in [1.82, 2.24) is 0 Å². The van der Waals surface area contributed by atoms with Gasteiger partial charge in [-0.3, -0.25) is 4.72 Å². The number of carboxylic acids is 1. The maximum absolute atomic E-state index is 11.9. The quantitative estimate of drug-likeness (QED) is 0.901. The fraction of sp³-hybridized carbons (Fsp3) is 0. The van der Waals surface area contributed by atoms with Crippen molar-refractivity contribution in [3.8, 4) is 0 Å². The minimum absolute atomic E-state index is 0.0107. The molecule has 0 aliphatic heterocycles. The first-order chi connectivity index (χ1) is 8.49. The molecule has 94 valence electrons. The Morgan fingerprint density at radius 2 is 1.78 bits per heavy atom. The van der Waals surface area contributed by atoms with E-state index in [0.29, 0.717) is 5.69 Å². The molecule has 2 N–H and O–H groups in total. The van der Waals surface area contributed by atoms with Crippen LogP contribution in [0.3, 0.4) is 0 Å². The minimum Gasteiger partial charge on any atom is -0.477 e. The standard InChI is InChI=1S/C11H9NO4S2/c13-11(14)9-6-7-10(17-9)18(15,16)12-8-4-2-1-3-5-8/h1-7,12H,(H,13,14). The van der Waals surface area contributed by atoms with Crippen molar-refractivity contribution in [2.45, 2.75) is 4.21 Å². The van der Waals surface area contributed by atoms with Gasteiger partial charge in [0.05, 0.1) is 0 Å². The lowest BCUT2D eigenvalue weighted by Crippen LogP contribution is -2.11. The predicted molar refractivity (Wildman–Crippen MR) is 68.5 cm³/mol. The van der Waals surface area contributed by atoms with E-state index in [4.69, 9.17) is 5.11 Å². The van der Waals surface area contributed by atoms with Crippen LogP contribution in [0.25, 0.3) is 0 Å². The van der Waals surface area contributed by atoms with Gasteiger partial charge < -0.3 is 5.11 Å². The van der Waals surface area contributed by atoms with Crippen molar-refractivity contribution in [1.29, 1.82) is 0 Å². The first-order valence-electron chi connectivity index (χ1n) is 4.90. The zero-order valence-electron chi connectivity index (χ0n) is 9.03. The fourth-order valence-corrected chi connectivity index (χ4v) is 3.49. The van der Waals surface area contributed by atoms with Gasteiger partial charge in [0.25, 0.3) is 10.0 Å². The topological polar surface area (TPSA) is 83.5 Å². The van der Waals surface area contributed by atoms with Crippen LogP contribution >= 0.6 is 11.3 Å². The van der Waals surface area contributed by atoms with Crippen LogP contribution in [0.2, 0.25) is 0 Å². The molecule has 0 unspecified atom stereocenters. The normalized spacial score (nSPS) is 11.1. The molecule has 5 nitrogen and oxygen atoms in total. The van der Waals surface area contributed by atoms with Crippen molar-refractivity contribution in [2.24, 2.45) is 0 Å². The molecule has 0 fully saturated rings. The molecular weight excluding hydrogens is 274 g/mol. The van der Waals surface area contributed by atoms with Crippen molar-refractivity contribution in [3.63, 3.8) is 0 Å². The third kappa shape index (κ3) is 2.69. The smallest absolute Gasteiger partial charge is 0.345 e. The number of para-hydroxylation sites is 1. The first kappa shape index (κ1) is 12.6. The van der Waals surface area contributed by atoms with Gasteiger partial charge in [0.2, 0.25) is 0 Å². The van der Waals surface area contributed by atoms with Gasteiger partial charge in [-0.05, 0) is 24.3 Å². The molecule has 0 atom stereocenters. The third-order valence-corrected chi connectivity index (χ3v) is 5.03. The average Bonchev–Trinajstić information content (AvgIpc) is 2.79. The van der Waals surface area contributed by atoms with Gasteiger partial charge in [-0.2, -0.15) is 0 Å². The van der Waals surface area contributed by atoms with Crippen LogP contribution in [0.1, 0.15) is 9.67 Å². The fourth-order valence-electron chi connectivity index (χ4n) is 1.29. The number of hydrogen-bond acceptors (Lipinski definition) is 4. The second kappa shape index (κ2) is 4.79. The number of rotatable bonds is 4. The summed E-state index contributed by atoms with van der Waals surface area (Å²) < 4.78 is 26.2. The number of anilines is 1. The summed E-state index contributed by atoms with van der Waals surface area (Å²) in [6.45, 7) is 0. The SMILES string of the molecule is O=C(O)c1ccc(S(=O)(=O)Nc2ccccc2)s1. The maximum atomic E-state index is 11.9. The Bertz CT molecular complexity index is 661. The van der Waals surface area contributed by atoms with Gasteiger partial charge in [0.15, 0.2) is 0 Å². The molecule has 0 radical (unpaired) electrons. The van der Waals surface area contributed by atoms with Gasteiger partial charge in [-0.1, -0.05) is 18.2 Å². The van der Waals surface area contributed by atoms with Crippen LogP contribution in [0.4, 0.5) is 5.69 Å². The second-order valence-electron chi connectivity index (χ2n) is 3.40. The molecule has 2 aromatic rings. The number of sulfonamides is 1. The van der Waals surface area contributed by atoms with E-state index in [1.54, 1.807) is 30.3 Å². The minimum atomic E-state index is -3.72. The van der Waals surface area contributed by atoms with Gasteiger partial charge in [-0.15, -0.1) is 11.3 Å². The number of carbonyl (C=O) groups is 1. The van der Waals surface area contributed by atoms with Crippen molar-refractivity contribution in [3.05, 3.63) is 47.3 Å². The molecule has 0 aliphatic rings. The van der Waals surface area contributed by atoms with Gasteiger partial charge in [0, 0.05) is 5.69 Å². The summed E-state index contributed by atoms with van der Waals surface area (Å²) in [5.74, 6) is -1.14. The number of nitrogens with one attached hydrogen (secondary N) is 1. The Morgan fingerprint density at radius 1 is 1.11 bits per heavy atom. The van der Waals surface area contributed by atoms with Crippen LogP contribution in [-0.2, 0) is 10.0 Å². The molecule has 0 amide bonds. The molecule has 0 saturated carbocycles. The summed E-state index contributed by atoms with van der Waals surface area (Å²) in [6, 6.07) is 11.0. The zero-order chi connectivity index (χ0) is 13.2. The lowest BCUT2D eigenvalue weighted by atomic mass is 10.3. The Hall–Kier alpha value is -1.86. The lowest BCUT2D eigenvalue weighted by Gasteiger charge is -2.05. The average molecular weight is 283 g/mol. The molecule has 7 heteroatoms. The number of carboxylic acid groups (broad SMARTS) is 1. The van der Waals surface area contributed by atoms with Crippen molar-refractivity contribution >= 4 is 33.0 Å². The van der Waals surface area contributed by atoms with E-state index in [1.165, 1.54) is 12.1 Å². The summed E-state index contributed by atoms with van der Waals surface area (Å²) in [7, 11) is -3.72. The number of thiophene rings is 1. The third-order valence-electron chi connectivity index (χ3n) is 2.08. The monoisotopic (exact) mass is 283 g/mol. The van der Waals surface area contributed by atoms with E-state index >= 15 is 0 Å². The summed E-state index contributed by atoms with van der Waals surface area (Å²) in [5.41, 5.74) is 0.433. The molecule has 1 aromatic carbocycles. The van der Waals surface area contributed by atoms with E-state index < -0.39 is 16.0 Å². The van der Waals surface area contributed by atoms with E-state index in [1.807, 2.05) is 0 Å². The summed E-state index contributed by atoms with van der Waals surface area (Å²) in [5, 5.41) is 8.75. The zero-order valence-corrected chi connectivity index (χ0v) is 10.7. The van der Waals surface area contributed by atoms with E-state index in [0.717, 1.165) is 11.3 Å². The molecule has 1 heterocycles. The van der Waals surface area contributed by atoms with Crippen molar-refractivity contribution < 1.29 is 18.3 Å². The maximum Gasteiger partial charge on any atom is 0.345 e.